The molecule has 0 saturated carbocycles. The Kier molecular flexibility index (Phi) is 6.57. The van der Waals surface area contributed by atoms with Crippen LogP contribution in [0.5, 0.6) is 0 Å². The van der Waals surface area contributed by atoms with Crippen LogP contribution in [0.2, 0.25) is 0 Å². The minimum Gasteiger partial charge on any atom is -0.338 e. The SMILES string of the molecule is Cc1ccc(C(=O)Nc2ccccc2)cc1NC(=O)NCCC(C)C. The number of hydrogen-bond acceptors (Lipinski definition) is 2. The topological polar surface area (TPSA) is 70.2 Å². The normalized spacial score (nSPS) is 10.4. The van der Waals surface area contributed by atoms with Crippen molar-refractivity contribution in [2.45, 2.75) is 27.2 Å². The van der Waals surface area contributed by atoms with Gasteiger partial charge in [-0.05, 0) is 49.1 Å². The highest BCUT2D eigenvalue weighted by atomic mass is 16.2. The van der Waals surface area contributed by atoms with Gasteiger partial charge in [-0.3, -0.25) is 4.79 Å². The molecular formula is C20H25N3O2. The molecule has 2 aromatic rings. The molecule has 0 atom stereocenters. The average Bonchev–Trinajstić information content (AvgIpc) is 2.57. The van der Waals surface area contributed by atoms with Crippen LogP contribution in [0, 0.1) is 12.8 Å². The van der Waals surface area contributed by atoms with E-state index in [-0.39, 0.29) is 11.9 Å². The second-order valence-electron chi connectivity index (χ2n) is 6.41. The zero-order valence-corrected chi connectivity index (χ0v) is 14.9. The van der Waals surface area contributed by atoms with Crippen molar-refractivity contribution in [2.75, 3.05) is 17.2 Å². The molecule has 0 aromatic heterocycles. The van der Waals surface area contributed by atoms with Crippen molar-refractivity contribution in [3.05, 3.63) is 59.7 Å². The van der Waals surface area contributed by atoms with Gasteiger partial charge in [-0.1, -0.05) is 38.1 Å². The largest absolute Gasteiger partial charge is 0.338 e. The fourth-order valence-electron chi connectivity index (χ4n) is 2.26. The monoisotopic (exact) mass is 339 g/mol. The first kappa shape index (κ1) is 18.5. The maximum atomic E-state index is 12.4. The smallest absolute Gasteiger partial charge is 0.319 e. The fourth-order valence-corrected chi connectivity index (χ4v) is 2.26. The van der Waals surface area contributed by atoms with Crippen molar-refractivity contribution in [3.63, 3.8) is 0 Å². The van der Waals surface area contributed by atoms with Crippen LogP contribution in [0.25, 0.3) is 0 Å². The van der Waals surface area contributed by atoms with Crippen LogP contribution in [0.15, 0.2) is 48.5 Å². The standard InChI is InChI=1S/C20H25N3O2/c1-14(2)11-12-21-20(25)23-18-13-16(10-9-15(18)3)19(24)22-17-7-5-4-6-8-17/h4-10,13-14H,11-12H2,1-3H3,(H,22,24)(H2,21,23,25). The summed E-state index contributed by atoms with van der Waals surface area (Å²) in [5.74, 6) is 0.321. The highest BCUT2D eigenvalue weighted by Gasteiger charge is 2.10. The second kappa shape index (κ2) is 8.87. The number of benzene rings is 2. The first-order valence-electron chi connectivity index (χ1n) is 8.47. The first-order chi connectivity index (χ1) is 12.0. The lowest BCUT2D eigenvalue weighted by atomic mass is 10.1. The van der Waals surface area contributed by atoms with Crippen LogP contribution in [0.3, 0.4) is 0 Å². The van der Waals surface area contributed by atoms with Crippen LogP contribution in [0.4, 0.5) is 16.2 Å². The number of carbonyl (C=O) groups is 2. The summed E-state index contributed by atoms with van der Waals surface area (Å²) in [5, 5.41) is 8.48. The summed E-state index contributed by atoms with van der Waals surface area (Å²) in [7, 11) is 0. The lowest BCUT2D eigenvalue weighted by Crippen LogP contribution is -2.30. The van der Waals surface area contributed by atoms with Crippen molar-refractivity contribution < 1.29 is 9.59 Å². The van der Waals surface area contributed by atoms with Crippen LogP contribution in [-0.4, -0.2) is 18.5 Å². The summed E-state index contributed by atoms with van der Waals surface area (Å²) >= 11 is 0. The number of rotatable bonds is 6. The summed E-state index contributed by atoms with van der Waals surface area (Å²) in [6.45, 7) is 6.73. The Morgan fingerprint density at radius 2 is 1.72 bits per heavy atom. The Hall–Kier alpha value is -2.82. The summed E-state index contributed by atoms with van der Waals surface area (Å²) in [5.41, 5.74) is 2.75. The van der Waals surface area contributed by atoms with Gasteiger partial charge in [0, 0.05) is 23.5 Å². The Labute approximate surface area is 148 Å². The van der Waals surface area contributed by atoms with E-state index < -0.39 is 0 Å². The van der Waals surface area contributed by atoms with Crippen molar-refractivity contribution in [3.8, 4) is 0 Å². The van der Waals surface area contributed by atoms with E-state index >= 15 is 0 Å². The molecule has 5 nitrogen and oxygen atoms in total. The first-order valence-corrected chi connectivity index (χ1v) is 8.47. The number of carbonyl (C=O) groups excluding carboxylic acids is 2. The molecule has 2 rings (SSSR count). The molecule has 3 amide bonds. The zero-order chi connectivity index (χ0) is 18.2. The lowest BCUT2D eigenvalue weighted by Gasteiger charge is -2.12. The molecule has 2 aromatic carbocycles. The predicted molar refractivity (Wildman–Crippen MR) is 102 cm³/mol. The van der Waals surface area contributed by atoms with Crippen molar-refractivity contribution in [1.82, 2.24) is 5.32 Å². The molecular weight excluding hydrogens is 314 g/mol. The number of aryl methyl sites for hydroxylation is 1. The third-order valence-corrected chi connectivity index (χ3v) is 3.79. The van der Waals surface area contributed by atoms with Gasteiger partial charge in [-0.15, -0.1) is 0 Å². The van der Waals surface area contributed by atoms with E-state index in [0.717, 1.165) is 17.7 Å². The van der Waals surface area contributed by atoms with Crippen molar-refractivity contribution in [1.29, 1.82) is 0 Å². The van der Waals surface area contributed by atoms with Crippen LogP contribution in [0.1, 0.15) is 36.2 Å². The van der Waals surface area contributed by atoms with Gasteiger partial charge in [-0.2, -0.15) is 0 Å². The minimum absolute atomic E-state index is 0.213. The Morgan fingerprint density at radius 1 is 1.00 bits per heavy atom. The van der Waals surface area contributed by atoms with Gasteiger partial charge in [0.25, 0.3) is 5.91 Å². The van der Waals surface area contributed by atoms with Gasteiger partial charge in [0.1, 0.15) is 0 Å². The number of urea groups is 1. The molecule has 0 spiro atoms. The van der Waals surface area contributed by atoms with E-state index in [1.807, 2.05) is 43.3 Å². The second-order valence-corrected chi connectivity index (χ2v) is 6.41. The van der Waals surface area contributed by atoms with Gasteiger partial charge in [-0.25, -0.2) is 4.79 Å². The van der Waals surface area contributed by atoms with Gasteiger partial charge >= 0.3 is 6.03 Å². The average molecular weight is 339 g/mol. The molecule has 3 N–H and O–H groups in total. The van der Waals surface area contributed by atoms with E-state index in [9.17, 15) is 9.59 Å². The van der Waals surface area contributed by atoms with Gasteiger partial charge < -0.3 is 16.0 Å². The minimum atomic E-state index is -0.260. The zero-order valence-electron chi connectivity index (χ0n) is 14.9. The summed E-state index contributed by atoms with van der Waals surface area (Å²) in [4.78, 5) is 24.4. The van der Waals surface area contributed by atoms with Crippen LogP contribution < -0.4 is 16.0 Å². The van der Waals surface area contributed by atoms with E-state index in [0.29, 0.717) is 23.7 Å². The summed E-state index contributed by atoms with van der Waals surface area (Å²) in [6, 6.07) is 14.3. The van der Waals surface area contributed by atoms with Crippen molar-refractivity contribution >= 4 is 23.3 Å². The molecule has 0 bridgehead atoms. The van der Waals surface area contributed by atoms with Crippen molar-refractivity contribution in [2.24, 2.45) is 5.92 Å². The highest BCUT2D eigenvalue weighted by molar-refractivity contribution is 6.05. The number of hydrogen-bond donors (Lipinski definition) is 3. The molecule has 25 heavy (non-hydrogen) atoms. The lowest BCUT2D eigenvalue weighted by molar-refractivity contribution is 0.102. The summed E-state index contributed by atoms with van der Waals surface area (Å²) < 4.78 is 0. The molecule has 0 saturated heterocycles. The quantitative estimate of drug-likeness (QED) is 0.729. The Balaban J connectivity index is 2.01. The third kappa shape index (κ3) is 5.95. The Bertz CT molecular complexity index is 727. The maximum absolute atomic E-state index is 12.4. The predicted octanol–water partition coefficient (Wildman–Crippen LogP) is 4.41. The molecule has 0 radical (unpaired) electrons. The number of para-hydroxylation sites is 1. The van der Waals surface area contributed by atoms with E-state index in [1.165, 1.54) is 0 Å². The molecule has 0 heterocycles. The number of nitrogens with one attached hydrogen (secondary N) is 3. The molecule has 0 aliphatic rings. The molecule has 132 valence electrons. The Morgan fingerprint density at radius 3 is 2.40 bits per heavy atom. The molecule has 0 fully saturated rings. The molecule has 0 aliphatic heterocycles. The number of amides is 3. The maximum Gasteiger partial charge on any atom is 0.319 e. The van der Waals surface area contributed by atoms with Crippen LogP contribution >= 0.6 is 0 Å². The fraction of sp³-hybridized carbons (Fsp3) is 0.300. The third-order valence-electron chi connectivity index (χ3n) is 3.79. The van der Waals surface area contributed by atoms with E-state index in [1.54, 1.807) is 12.1 Å². The van der Waals surface area contributed by atoms with Gasteiger partial charge in [0.2, 0.25) is 0 Å². The van der Waals surface area contributed by atoms with E-state index in [4.69, 9.17) is 0 Å². The highest BCUT2D eigenvalue weighted by Crippen LogP contribution is 2.18. The molecule has 0 aliphatic carbocycles. The summed E-state index contributed by atoms with van der Waals surface area (Å²) in [6.07, 6.45) is 0.923. The van der Waals surface area contributed by atoms with E-state index in [2.05, 4.69) is 29.8 Å². The molecule has 5 heteroatoms. The number of anilines is 2. The van der Waals surface area contributed by atoms with Crippen LogP contribution in [-0.2, 0) is 0 Å². The van der Waals surface area contributed by atoms with Gasteiger partial charge in [0.15, 0.2) is 0 Å². The molecule has 0 unspecified atom stereocenters. The van der Waals surface area contributed by atoms with Gasteiger partial charge in [0.05, 0.1) is 0 Å².